The molecule has 1 fully saturated rings. The predicted octanol–water partition coefficient (Wildman–Crippen LogP) is 2.89. The third-order valence-electron chi connectivity index (χ3n) is 5.31. The van der Waals surface area contributed by atoms with Gasteiger partial charge in [0.25, 0.3) is 0 Å². The van der Waals surface area contributed by atoms with Gasteiger partial charge in [0.15, 0.2) is 5.96 Å². The van der Waals surface area contributed by atoms with E-state index in [1.54, 1.807) is 15.8 Å². The first kappa shape index (κ1) is 21.4. The van der Waals surface area contributed by atoms with Crippen molar-refractivity contribution in [3.05, 3.63) is 66.3 Å². The van der Waals surface area contributed by atoms with Crippen LogP contribution in [0.3, 0.4) is 0 Å². The van der Waals surface area contributed by atoms with Gasteiger partial charge in [-0.15, -0.1) is 17.5 Å². The maximum Gasteiger partial charge on any atom is 0.249 e. The fraction of sp³-hybridized carbons (Fsp3) is 0.238. The van der Waals surface area contributed by atoms with Crippen LogP contribution in [0.4, 0.5) is 0 Å². The minimum Gasteiger partial charge on any atom is -0.370 e. The topological polar surface area (TPSA) is 136 Å². The fourth-order valence-electron chi connectivity index (χ4n) is 3.75. The summed E-state index contributed by atoms with van der Waals surface area (Å²) in [6.07, 6.45) is 5.41. The molecule has 0 radical (unpaired) electrons. The number of nitrogens with one attached hydrogen (secondary N) is 1. The van der Waals surface area contributed by atoms with Gasteiger partial charge in [-0.3, -0.25) is 10.4 Å². The van der Waals surface area contributed by atoms with E-state index >= 15 is 0 Å². The molecule has 0 saturated carbocycles. The third kappa shape index (κ3) is 4.30. The van der Waals surface area contributed by atoms with Gasteiger partial charge in [-0.05, 0) is 30.5 Å². The summed E-state index contributed by atoms with van der Waals surface area (Å²) in [6.45, 7) is 1.32. The Bertz CT molecular complexity index is 1190. The van der Waals surface area contributed by atoms with Crippen molar-refractivity contribution in [1.29, 1.82) is 5.41 Å². The Morgan fingerprint density at radius 1 is 1.16 bits per heavy atom. The number of nitrogens with zero attached hydrogens (tertiary/aromatic N) is 7. The second-order valence-corrected chi connectivity index (χ2v) is 7.41. The van der Waals surface area contributed by atoms with Crippen LogP contribution in [-0.4, -0.2) is 47.5 Å². The van der Waals surface area contributed by atoms with Gasteiger partial charge in [0.1, 0.15) is 11.7 Å². The normalized spacial score (nSPS) is 15.5. The van der Waals surface area contributed by atoms with Crippen LogP contribution in [0.15, 0.2) is 59.4 Å². The van der Waals surface area contributed by atoms with E-state index in [1.165, 1.54) is 0 Å². The zero-order valence-corrected chi connectivity index (χ0v) is 17.9. The molecule has 1 aromatic carbocycles. The number of halogens is 1. The molecule has 0 aliphatic carbocycles. The van der Waals surface area contributed by atoms with Gasteiger partial charge in [0, 0.05) is 18.3 Å². The summed E-state index contributed by atoms with van der Waals surface area (Å²) < 4.78 is 7.25. The quantitative estimate of drug-likeness (QED) is 0.349. The van der Waals surface area contributed by atoms with E-state index in [9.17, 15) is 0 Å². The van der Waals surface area contributed by atoms with Crippen molar-refractivity contribution in [1.82, 2.24) is 35.0 Å². The Labute approximate surface area is 190 Å². The largest absolute Gasteiger partial charge is 0.370 e. The molecule has 4 aromatic rings. The summed E-state index contributed by atoms with van der Waals surface area (Å²) in [7, 11) is 0. The highest BCUT2D eigenvalue weighted by molar-refractivity contribution is 5.85. The van der Waals surface area contributed by atoms with Gasteiger partial charge in [-0.2, -0.15) is 4.98 Å². The number of guanidine groups is 1. The van der Waals surface area contributed by atoms with Crippen LogP contribution in [0.25, 0.3) is 22.8 Å². The predicted molar refractivity (Wildman–Crippen MR) is 120 cm³/mol. The molecule has 1 aliphatic rings. The van der Waals surface area contributed by atoms with Crippen molar-refractivity contribution in [2.45, 2.75) is 25.4 Å². The Balaban J connectivity index is 0.00000245. The van der Waals surface area contributed by atoms with Crippen LogP contribution < -0.4 is 5.73 Å². The van der Waals surface area contributed by atoms with Crippen molar-refractivity contribution in [2.24, 2.45) is 5.73 Å². The minimum atomic E-state index is -0.126. The maximum absolute atomic E-state index is 7.71. The van der Waals surface area contributed by atoms with Gasteiger partial charge in [0.2, 0.25) is 11.7 Å². The average molecular weight is 452 g/mol. The van der Waals surface area contributed by atoms with Crippen LogP contribution in [-0.2, 0) is 6.54 Å². The number of rotatable bonds is 5. The summed E-state index contributed by atoms with van der Waals surface area (Å²) in [5.74, 6) is 1.05. The molecule has 0 spiro atoms. The molecule has 1 aliphatic heterocycles. The van der Waals surface area contributed by atoms with Crippen LogP contribution in [0.2, 0.25) is 0 Å². The summed E-state index contributed by atoms with van der Waals surface area (Å²) in [5, 5.41) is 20.2. The van der Waals surface area contributed by atoms with E-state index in [2.05, 4.69) is 25.4 Å². The number of benzene rings is 1. The van der Waals surface area contributed by atoms with E-state index in [1.807, 2.05) is 48.7 Å². The third-order valence-corrected chi connectivity index (χ3v) is 5.31. The Morgan fingerprint density at radius 2 is 2.00 bits per heavy atom. The lowest BCUT2D eigenvalue weighted by Gasteiger charge is -2.21. The minimum absolute atomic E-state index is 0. The van der Waals surface area contributed by atoms with Gasteiger partial charge >= 0.3 is 0 Å². The van der Waals surface area contributed by atoms with E-state index in [0.29, 0.717) is 18.3 Å². The summed E-state index contributed by atoms with van der Waals surface area (Å²) >= 11 is 0. The standard InChI is InChI=1S/C21H21N9O.ClH/c22-21(23)30-11-3-5-18(30)20-25-19(27-31-20)15-8-6-14(7-9-15)12-29-13-17(26-28-29)16-4-1-2-10-24-16;/h1-2,4,6-10,13,18H,3,5,11-12H2,(H3,22,23);1H/t18-;/m0./s1. The molecule has 32 heavy (non-hydrogen) atoms. The summed E-state index contributed by atoms with van der Waals surface area (Å²) in [6, 6.07) is 13.5. The monoisotopic (exact) mass is 451 g/mol. The highest BCUT2D eigenvalue weighted by Crippen LogP contribution is 2.31. The lowest BCUT2D eigenvalue weighted by molar-refractivity contribution is 0.283. The molecular weight excluding hydrogens is 430 g/mol. The smallest absolute Gasteiger partial charge is 0.249 e. The van der Waals surface area contributed by atoms with Crippen molar-refractivity contribution in [3.63, 3.8) is 0 Å². The number of nitrogens with two attached hydrogens (primary N) is 1. The summed E-state index contributed by atoms with van der Waals surface area (Å²) in [5.41, 5.74) is 9.13. The summed E-state index contributed by atoms with van der Waals surface area (Å²) in [4.78, 5) is 10.6. The molecule has 3 aromatic heterocycles. The van der Waals surface area contributed by atoms with E-state index in [4.69, 9.17) is 15.7 Å². The highest BCUT2D eigenvalue weighted by Gasteiger charge is 2.31. The number of pyridine rings is 1. The molecule has 1 atom stereocenters. The molecule has 0 unspecified atom stereocenters. The second kappa shape index (κ2) is 9.15. The van der Waals surface area contributed by atoms with Crippen LogP contribution in [0, 0.1) is 5.41 Å². The van der Waals surface area contributed by atoms with Crippen LogP contribution in [0.5, 0.6) is 0 Å². The molecule has 3 N–H and O–H groups in total. The van der Waals surface area contributed by atoms with Crippen LogP contribution in [0.1, 0.15) is 30.3 Å². The molecule has 5 rings (SSSR count). The Hall–Kier alpha value is -3.79. The molecule has 164 valence electrons. The van der Waals surface area contributed by atoms with Crippen molar-refractivity contribution in [3.8, 4) is 22.8 Å². The van der Waals surface area contributed by atoms with Crippen LogP contribution >= 0.6 is 12.4 Å². The first-order valence-corrected chi connectivity index (χ1v) is 10.0. The lowest BCUT2D eigenvalue weighted by Crippen LogP contribution is -2.35. The fourth-order valence-corrected chi connectivity index (χ4v) is 3.75. The van der Waals surface area contributed by atoms with E-state index < -0.39 is 0 Å². The van der Waals surface area contributed by atoms with E-state index in [0.717, 1.165) is 41.9 Å². The van der Waals surface area contributed by atoms with Gasteiger partial charge < -0.3 is 15.2 Å². The first-order valence-electron chi connectivity index (χ1n) is 10.0. The molecule has 0 bridgehead atoms. The second-order valence-electron chi connectivity index (χ2n) is 7.41. The molecule has 11 heteroatoms. The van der Waals surface area contributed by atoms with Gasteiger partial charge in [-0.25, -0.2) is 4.68 Å². The molecule has 4 heterocycles. The van der Waals surface area contributed by atoms with Gasteiger partial charge in [-0.1, -0.05) is 40.7 Å². The number of hydrogen-bond acceptors (Lipinski definition) is 7. The first-order chi connectivity index (χ1) is 15.2. The number of likely N-dealkylation sites (tertiary alicyclic amines) is 1. The van der Waals surface area contributed by atoms with Crippen molar-refractivity contribution in [2.75, 3.05) is 6.54 Å². The molecular formula is C21H22ClN9O. The Kier molecular flexibility index (Phi) is 6.13. The van der Waals surface area contributed by atoms with E-state index in [-0.39, 0.29) is 24.4 Å². The van der Waals surface area contributed by atoms with Crippen molar-refractivity contribution >= 4 is 18.4 Å². The SMILES string of the molecule is Cl.N=C(N)N1CCC[C@H]1c1nc(-c2ccc(Cn3cc(-c4ccccn4)nn3)cc2)no1. The zero-order chi connectivity index (χ0) is 21.2. The molecule has 1 saturated heterocycles. The Morgan fingerprint density at radius 3 is 2.75 bits per heavy atom. The molecule has 10 nitrogen and oxygen atoms in total. The zero-order valence-electron chi connectivity index (χ0n) is 17.1. The average Bonchev–Trinajstić information content (AvgIpc) is 3.55. The number of aromatic nitrogens is 6. The van der Waals surface area contributed by atoms with Gasteiger partial charge in [0.05, 0.1) is 18.4 Å². The molecule has 0 amide bonds. The lowest BCUT2D eigenvalue weighted by atomic mass is 10.1. The maximum atomic E-state index is 7.71. The number of hydrogen-bond donors (Lipinski definition) is 2. The van der Waals surface area contributed by atoms with Crippen molar-refractivity contribution < 1.29 is 4.52 Å². The highest BCUT2D eigenvalue weighted by atomic mass is 35.5.